The molecule has 3 heteroatoms. The lowest BCUT2D eigenvalue weighted by Crippen LogP contribution is -2.21. The molecule has 1 aromatic heterocycles. The average molecular weight is 196 g/mol. The molecule has 0 spiro atoms. The Morgan fingerprint density at radius 2 is 2.15 bits per heavy atom. The first kappa shape index (κ1) is 9.00. The van der Waals surface area contributed by atoms with Gasteiger partial charge in [-0.2, -0.15) is 0 Å². The zero-order valence-corrected chi connectivity index (χ0v) is 8.86. The van der Waals surface area contributed by atoms with Gasteiger partial charge in [-0.3, -0.25) is 0 Å². The van der Waals surface area contributed by atoms with Crippen molar-refractivity contribution in [2.45, 2.75) is 45.1 Å². The van der Waals surface area contributed by atoms with Gasteiger partial charge in [-0.1, -0.05) is 19.3 Å². The summed E-state index contributed by atoms with van der Waals surface area (Å²) in [4.78, 5) is 4.24. The van der Waals surface area contributed by atoms with Crippen LogP contribution in [-0.4, -0.2) is 11.0 Å². The Morgan fingerprint density at radius 1 is 1.38 bits per heavy atom. The van der Waals surface area contributed by atoms with E-state index in [4.69, 9.17) is 0 Å². The smallest absolute Gasteiger partial charge is 0.112 e. The van der Waals surface area contributed by atoms with Crippen LogP contribution in [0.3, 0.4) is 0 Å². The molecule has 1 heterocycles. The third-order valence-corrected chi connectivity index (χ3v) is 3.55. The molecule has 2 nitrogen and oxygen atoms in total. The SMILES string of the molecule is Cc1ncsc1NC1CCCCC1. The summed E-state index contributed by atoms with van der Waals surface area (Å²) in [6, 6.07) is 0.702. The molecule has 72 valence electrons. The highest BCUT2D eigenvalue weighted by Crippen LogP contribution is 2.25. The Balaban J connectivity index is 1.93. The fourth-order valence-electron chi connectivity index (χ4n) is 1.87. The Bertz CT molecular complexity index is 264. The molecule has 1 aliphatic carbocycles. The van der Waals surface area contributed by atoms with Crippen LogP contribution in [0.1, 0.15) is 37.8 Å². The van der Waals surface area contributed by atoms with Crippen molar-refractivity contribution in [2.24, 2.45) is 0 Å². The van der Waals surface area contributed by atoms with Gasteiger partial charge in [0.05, 0.1) is 11.2 Å². The number of thiazole rings is 1. The molecule has 1 saturated carbocycles. The molecule has 0 unspecified atom stereocenters. The summed E-state index contributed by atoms with van der Waals surface area (Å²) in [5.74, 6) is 0. The summed E-state index contributed by atoms with van der Waals surface area (Å²) in [6.45, 7) is 2.07. The minimum atomic E-state index is 0.702. The van der Waals surface area contributed by atoms with Crippen molar-refractivity contribution >= 4 is 16.3 Å². The Hall–Kier alpha value is -0.570. The summed E-state index contributed by atoms with van der Waals surface area (Å²) < 4.78 is 0. The van der Waals surface area contributed by atoms with E-state index in [2.05, 4.69) is 17.2 Å². The van der Waals surface area contributed by atoms with Crippen LogP contribution in [0.4, 0.5) is 5.00 Å². The molecule has 0 atom stereocenters. The van der Waals surface area contributed by atoms with Gasteiger partial charge in [0, 0.05) is 6.04 Å². The molecule has 0 saturated heterocycles. The maximum absolute atomic E-state index is 4.24. The normalized spacial score (nSPS) is 18.8. The van der Waals surface area contributed by atoms with Gasteiger partial charge in [0.25, 0.3) is 0 Å². The maximum Gasteiger partial charge on any atom is 0.112 e. The Kier molecular flexibility index (Phi) is 2.83. The predicted molar refractivity (Wildman–Crippen MR) is 57.3 cm³/mol. The van der Waals surface area contributed by atoms with Crippen molar-refractivity contribution in [3.05, 3.63) is 11.2 Å². The molecule has 13 heavy (non-hydrogen) atoms. The van der Waals surface area contributed by atoms with E-state index in [0.717, 1.165) is 5.69 Å². The second-order valence-corrected chi connectivity index (χ2v) is 4.60. The van der Waals surface area contributed by atoms with Crippen LogP contribution in [0.25, 0.3) is 0 Å². The summed E-state index contributed by atoms with van der Waals surface area (Å²) in [6.07, 6.45) is 6.85. The van der Waals surface area contributed by atoms with E-state index >= 15 is 0 Å². The van der Waals surface area contributed by atoms with Crippen LogP contribution in [0.15, 0.2) is 5.51 Å². The van der Waals surface area contributed by atoms with Gasteiger partial charge in [-0.15, -0.1) is 11.3 Å². The first-order valence-corrected chi connectivity index (χ1v) is 5.91. The van der Waals surface area contributed by atoms with Crippen molar-refractivity contribution in [3.8, 4) is 0 Å². The highest BCUT2D eigenvalue weighted by atomic mass is 32.1. The van der Waals surface area contributed by atoms with E-state index in [9.17, 15) is 0 Å². The van der Waals surface area contributed by atoms with Crippen LogP contribution in [-0.2, 0) is 0 Å². The molecule has 0 aromatic carbocycles. The van der Waals surface area contributed by atoms with E-state index in [-0.39, 0.29) is 0 Å². The van der Waals surface area contributed by atoms with E-state index in [1.54, 1.807) is 11.3 Å². The molecule has 1 fully saturated rings. The topological polar surface area (TPSA) is 24.9 Å². The molecule has 0 radical (unpaired) electrons. The van der Waals surface area contributed by atoms with Crippen LogP contribution in [0, 0.1) is 6.92 Å². The number of rotatable bonds is 2. The van der Waals surface area contributed by atoms with Gasteiger partial charge in [0.15, 0.2) is 0 Å². The number of anilines is 1. The zero-order chi connectivity index (χ0) is 9.10. The van der Waals surface area contributed by atoms with Crippen molar-refractivity contribution in [3.63, 3.8) is 0 Å². The summed E-state index contributed by atoms with van der Waals surface area (Å²) in [5.41, 5.74) is 3.07. The minimum absolute atomic E-state index is 0.702. The molecule has 2 rings (SSSR count). The zero-order valence-electron chi connectivity index (χ0n) is 8.05. The monoisotopic (exact) mass is 196 g/mol. The fourth-order valence-corrected chi connectivity index (χ4v) is 2.65. The lowest BCUT2D eigenvalue weighted by Gasteiger charge is -2.23. The number of nitrogens with zero attached hydrogens (tertiary/aromatic N) is 1. The van der Waals surface area contributed by atoms with E-state index in [1.807, 2.05) is 5.51 Å². The number of hydrogen-bond acceptors (Lipinski definition) is 3. The van der Waals surface area contributed by atoms with Gasteiger partial charge >= 0.3 is 0 Å². The second kappa shape index (κ2) is 4.09. The summed E-state index contributed by atoms with van der Waals surface area (Å²) in [7, 11) is 0. The van der Waals surface area contributed by atoms with Crippen molar-refractivity contribution in [1.29, 1.82) is 0 Å². The lowest BCUT2D eigenvalue weighted by molar-refractivity contribution is 0.463. The third kappa shape index (κ3) is 2.21. The van der Waals surface area contributed by atoms with Crippen LogP contribution >= 0.6 is 11.3 Å². The lowest BCUT2D eigenvalue weighted by atomic mass is 9.96. The van der Waals surface area contributed by atoms with E-state index in [0.29, 0.717) is 6.04 Å². The number of aromatic nitrogens is 1. The third-order valence-electron chi connectivity index (χ3n) is 2.69. The second-order valence-electron chi connectivity index (χ2n) is 3.75. The van der Waals surface area contributed by atoms with Crippen LogP contribution in [0.2, 0.25) is 0 Å². The van der Waals surface area contributed by atoms with Crippen LogP contribution < -0.4 is 5.32 Å². The van der Waals surface area contributed by atoms with Gasteiger partial charge < -0.3 is 5.32 Å². The van der Waals surface area contributed by atoms with Crippen molar-refractivity contribution in [1.82, 2.24) is 4.98 Å². The quantitative estimate of drug-likeness (QED) is 0.785. The molecule has 1 aromatic rings. The molecular formula is C10H16N2S. The van der Waals surface area contributed by atoms with Crippen molar-refractivity contribution < 1.29 is 0 Å². The van der Waals surface area contributed by atoms with E-state index < -0.39 is 0 Å². The highest BCUT2D eigenvalue weighted by Gasteiger charge is 2.14. The molecule has 0 bridgehead atoms. The van der Waals surface area contributed by atoms with Crippen LogP contribution in [0.5, 0.6) is 0 Å². The predicted octanol–water partition coefficient (Wildman–Crippen LogP) is 3.20. The Morgan fingerprint density at radius 3 is 2.77 bits per heavy atom. The van der Waals surface area contributed by atoms with Gasteiger partial charge in [0.2, 0.25) is 0 Å². The Labute approximate surface area is 83.4 Å². The maximum atomic E-state index is 4.24. The minimum Gasteiger partial charge on any atom is -0.373 e. The van der Waals surface area contributed by atoms with Crippen molar-refractivity contribution in [2.75, 3.05) is 5.32 Å². The first-order valence-electron chi connectivity index (χ1n) is 5.03. The summed E-state index contributed by atoms with van der Waals surface area (Å²) >= 11 is 1.72. The molecule has 1 aliphatic rings. The summed E-state index contributed by atoms with van der Waals surface area (Å²) in [5, 5.41) is 4.86. The molecule has 1 N–H and O–H groups in total. The van der Waals surface area contributed by atoms with Gasteiger partial charge in [-0.05, 0) is 19.8 Å². The number of nitrogens with one attached hydrogen (secondary N) is 1. The highest BCUT2D eigenvalue weighted by molar-refractivity contribution is 7.14. The molecular weight excluding hydrogens is 180 g/mol. The standard InChI is InChI=1S/C10H16N2S/c1-8-10(13-7-11-8)12-9-5-3-2-4-6-9/h7,9,12H,2-6H2,1H3. The van der Waals surface area contributed by atoms with Gasteiger partial charge in [-0.25, -0.2) is 4.98 Å². The number of aryl methyl sites for hydroxylation is 1. The average Bonchev–Trinajstić information content (AvgIpc) is 2.54. The number of hydrogen-bond donors (Lipinski definition) is 1. The molecule has 0 amide bonds. The van der Waals surface area contributed by atoms with E-state index in [1.165, 1.54) is 37.1 Å². The van der Waals surface area contributed by atoms with Gasteiger partial charge in [0.1, 0.15) is 5.00 Å². The fraction of sp³-hybridized carbons (Fsp3) is 0.700. The molecule has 0 aliphatic heterocycles. The first-order chi connectivity index (χ1) is 6.36. The largest absolute Gasteiger partial charge is 0.373 e.